The Morgan fingerprint density at radius 2 is 0.529 bits per heavy atom. The van der Waals surface area contributed by atoms with Gasteiger partial charge in [-0.2, -0.15) is 0 Å². The van der Waals surface area contributed by atoms with Crippen LogP contribution in [-0.4, -0.2) is 24.4 Å². The van der Waals surface area contributed by atoms with Crippen LogP contribution in [0, 0.1) is 65.1 Å². The molecule has 2 aliphatic rings. The van der Waals surface area contributed by atoms with Crippen LogP contribution in [0.4, 0.5) is 0 Å². The monoisotopic (exact) mass is 721 g/mol. The van der Waals surface area contributed by atoms with E-state index in [-0.39, 0.29) is 0 Å². The topological polar surface area (TPSA) is 25.1 Å². The van der Waals surface area contributed by atoms with Crippen LogP contribution in [0.2, 0.25) is 0 Å². The summed E-state index contributed by atoms with van der Waals surface area (Å²) in [6.45, 7) is 47.6. The Kier molecular flexibility index (Phi) is 35.2. The van der Waals surface area contributed by atoms with Gasteiger partial charge in [-0.15, -0.1) is 0 Å². The second-order valence-electron chi connectivity index (χ2n) is 20.3. The standard InChI is InChI=1S/2C10H20O.2C10H20.C9H20/c2*1-7(2)5-9-10(11-9)6-8(3)4;2*1-9(2)7-5-6-8-10(3)4;1-7(2)6-9(5)8(3)4/h2*7-10H,5-6H2,1-4H3;2*5-6,9-10H,7-8H2,1-4H3;7-9H,6H2,1-5H3/b;;6-5+;6-5-;. The first-order valence-electron chi connectivity index (χ1n) is 22.1. The lowest BCUT2D eigenvalue weighted by Gasteiger charge is -2.16. The minimum Gasteiger partial charge on any atom is -0.370 e. The molecule has 5 atom stereocenters. The molecule has 0 aromatic rings. The molecule has 0 aromatic carbocycles. The third-order valence-electron chi connectivity index (χ3n) is 8.93. The van der Waals surface area contributed by atoms with Gasteiger partial charge >= 0.3 is 0 Å². The first-order chi connectivity index (χ1) is 23.5. The van der Waals surface area contributed by atoms with Crippen LogP contribution in [0.3, 0.4) is 0 Å². The largest absolute Gasteiger partial charge is 0.370 e. The Bertz CT molecular complexity index is 674. The Morgan fingerprint density at radius 3 is 0.647 bits per heavy atom. The number of rotatable bonds is 19. The number of hydrogen-bond donors (Lipinski definition) is 0. The zero-order chi connectivity index (χ0) is 40.3. The molecule has 2 nitrogen and oxygen atoms in total. The molecule has 2 heteroatoms. The van der Waals surface area contributed by atoms with Gasteiger partial charge in [-0.05, 0) is 123 Å². The zero-order valence-corrected chi connectivity index (χ0v) is 39.2. The molecule has 2 rings (SSSR count). The molecule has 0 bridgehead atoms. The van der Waals surface area contributed by atoms with E-state index in [1.165, 1.54) is 57.8 Å². The second kappa shape index (κ2) is 32.8. The summed E-state index contributed by atoms with van der Waals surface area (Å²) in [4.78, 5) is 0. The lowest BCUT2D eigenvalue weighted by atomic mass is 9.90. The minimum atomic E-state index is 0.595. The highest BCUT2D eigenvalue weighted by molar-refractivity contribution is 4.87. The maximum absolute atomic E-state index is 5.54. The predicted molar refractivity (Wildman–Crippen MR) is 235 cm³/mol. The average molecular weight is 721 g/mol. The summed E-state index contributed by atoms with van der Waals surface area (Å²) in [5.41, 5.74) is 0. The molecule has 2 heterocycles. The first kappa shape index (κ1) is 54.7. The number of ether oxygens (including phenoxy) is 2. The summed E-state index contributed by atoms with van der Waals surface area (Å²) in [5, 5.41) is 0. The summed E-state index contributed by atoms with van der Waals surface area (Å²) in [5.74, 6) is 9.00. The highest BCUT2D eigenvalue weighted by Crippen LogP contribution is 2.33. The molecule has 0 aliphatic carbocycles. The Hall–Kier alpha value is -0.600. The molecule has 0 radical (unpaired) electrons. The summed E-state index contributed by atoms with van der Waals surface area (Å²) < 4.78 is 11.1. The van der Waals surface area contributed by atoms with E-state index in [0.29, 0.717) is 24.4 Å². The normalized spacial score (nSPS) is 20.4. The van der Waals surface area contributed by atoms with Gasteiger partial charge in [0.15, 0.2) is 0 Å². The van der Waals surface area contributed by atoms with Gasteiger partial charge in [0.25, 0.3) is 0 Å². The fourth-order valence-corrected chi connectivity index (χ4v) is 5.54. The maximum Gasteiger partial charge on any atom is 0.0844 e. The molecule has 308 valence electrons. The van der Waals surface area contributed by atoms with E-state index in [4.69, 9.17) is 9.47 Å². The minimum absolute atomic E-state index is 0.595. The van der Waals surface area contributed by atoms with Gasteiger partial charge in [-0.3, -0.25) is 0 Å². The highest BCUT2D eigenvalue weighted by Gasteiger charge is 2.39. The van der Waals surface area contributed by atoms with Gasteiger partial charge in [0.2, 0.25) is 0 Å². The molecule has 0 spiro atoms. The van der Waals surface area contributed by atoms with Crippen molar-refractivity contribution in [3.63, 3.8) is 0 Å². The molecular weight excluding hydrogens is 621 g/mol. The van der Waals surface area contributed by atoms with Crippen LogP contribution < -0.4 is 0 Å². The molecule has 0 N–H and O–H groups in total. The Morgan fingerprint density at radius 1 is 0.314 bits per heavy atom. The molecule has 51 heavy (non-hydrogen) atoms. The molecule has 2 saturated heterocycles. The third kappa shape index (κ3) is 45.5. The Balaban J connectivity index is -0.000000566. The Labute approximate surface area is 325 Å². The smallest absolute Gasteiger partial charge is 0.0844 e. The van der Waals surface area contributed by atoms with E-state index in [1.807, 2.05) is 0 Å². The van der Waals surface area contributed by atoms with Gasteiger partial charge in [0, 0.05) is 0 Å². The van der Waals surface area contributed by atoms with Crippen molar-refractivity contribution >= 4 is 0 Å². The van der Waals surface area contributed by atoms with Gasteiger partial charge in [-0.1, -0.05) is 170 Å². The predicted octanol–water partition coefficient (Wildman–Crippen LogP) is 16.3. The van der Waals surface area contributed by atoms with Gasteiger partial charge in [0.1, 0.15) is 0 Å². The van der Waals surface area contributed by atoms with Gasteiger partial charge in [-0.25, -0.2) is 0 Å². The quantitative estimate of drug-likeness (QED) is 0.0980. The van der Waals surface area contributed by atoms with Crippen LogP contribution in [0.1, 0.15) is 203 Å². The van der Waals surface area contributed by atoms with E-state index in [1.54, 1.807) is 0 Å². The first-order valence-corrected chi connectivity index (χ1v) is 22.1. The van der Waals surface area contributed by atoms with Crippen molar-refractivity contribution in [2.24, 2.45) is 65.1 Å². The van der Waals surface area contributed by atoms with Crippen molar-refractivity contribution in [2.45, 2.75) is 228 Å². The molecule has 0 aromatic heterocycles. The van der Waals surface area contributed by atoms with Crippen molar-refractivity contribution in [1.29, 1.82) is 0 Å². The van der Waals surface area contributed by atoms with Crippen molar-refractivity contribution < 1.29 is 9.47 Å². The molecule has 2 aliphatic heterocycles. The van der Waals surface area contributed by atoms with E-state index < -0.39 is 0 Å². The second-order valence-corrected chi connectivity index (χ2v) is 20.3. The summed E-state index contributed by atoms with van der Waals surface area (Å²) in [7, 11) is 0. The summed E-state index contributed by atoms with van der Waals surface area (Å²) in [6.07, 6.45) is 22.8. The van der Waals surface area contributed by atoms with Crippen LogP contribution in [-0.2, 0) is 9.47 Å². The van der Waals surface area contributed by atoms with E-state index in [0.717, 1.165) is 65.1 Å². The third-order valence-corrected chi connectivity index (χ3v) is 8.93. The van der Waals surface area contributed by atoms with Crippen molar-refractivity contribution in [2.75, 3.05) is 0 Å². The van der Waals surface area contributed by atoms with Crippen molar-refractivity contribution in [1.82, 2.24) is 0 Å². The number of hydrogen-bond acceptors (Lipinski definition) is 2. The zero-order valence-electron chi connectivity index (χ0n) is 39.2. The summed E-state index contributed by atoms with van der Waals surface area (Å²) in [6, 6.07) is 0. The van der Waals surface area contributed by atoms with Crippen molar-refractivity contribution in [3.05, 3.63) is 24.3 Å². The average Bonchev–Trinajstić information content (AvgIpc) is 3.87. The van der Waals surface area contributed by atoms with Crippen LogP contribution in [0.15, 0.2) is 24.3 Å². The van der Waals surface area contributed by atoms with E-state index in [2.05, 4.69) is 170 Å². The fraction of sp³-hybridized carbons (Fsp3) is 0.918. The van der Waals surface area contributed by atoms with Crippen molar-refractivity contribution in [3.8, 4) is 0 Å². The van der Waals surface area contributed by atoms with Gasteiger partial charge in [0.05, 0.1) is 24.4 Å². The number of allylic oxidation sites excluding steroid dienone is 4. The molecular formula is C49H100O2. The molecule has 0 saturated carbocycles. The SMILES string of the molecule is CC(C)C/C=C/CC(C)C.CC(C)C/C=C\CC(C)C.CC(C)CC(C)C(C)C.CC(C)CC1OC1CC(C)C.CC(C)CC1OC1CC(C)C. The van der Waals surface area contributed by atoms with Crippen LogP contribution >= 0.6 is 0 Å². The van der Waals surface area contributed by atoms with Crippen LogP contribution in [0.25, 0.3) is 0 Å². The van der Waals surface area contributed by atoms with E-state index in [9.17, 15) is 0 Å². The molecule has 2 fully saturated rings. The highest BCUT2D eigenvalue weighted by atomic mass is 16.6. The maximum atomic E-state index is 5.54. The lowest BCUT2D eigenvalue weighted by Crippen LogP contribution is -2.06. The molecule has 5 unspecified atom stereocenters. The van der Waals surface area contributed by atoms with E-state index >= 15 is 0 Å². The summed E-state index contributed by atoms with van der Waals surface area (Å²) >= 11 is 0. The van der Waals surface area contributed by atoms with Crippen LogP contribution in [0.5, 0.6) is 0 Å². The molecule has 0 amide bonds. The van der Waals surface area contributed by atoms with Gasteiger partial charge < -0.3 is 9.47 Å². The lowest BCUT2D eigenvalue weighted by molar-refractivity contribution is 0.330. The number of epoxide rings is 2. The fourth-order valence-electron chi connectivity index (χ4n) is 5.54.